The molecular weight excluding hydrogens is 302 g/mol. The second-order valence-electron chi connectivity index (χ2n) is 4.81. The van der Waals surface area contributed by atoms with Gasteiger partial charge in [0.15, 0.2) is 5.13 Å². The van der Waals surface area contributed by atoms with Crippen molar-refractivity contribution in [2.24, 2.45) is 0 Å². The number of nitrogens with one attached hydrogen (secondary N) is 2. The summed E-state index contributed by atoms with van der Waals surface area (Å²) in [5.41, 5.74) is 1.15. The molecule has 1 aromatic carbocycles. The average molecular weight is 319 g/mol. The Balaban J connectivity index is 1.91. The molecule has 7 heteroatoms. The SMILES string of the molecule is C[C@@H](CO)NC(=O)C(=O)Nc1ncc(Cc2ccccc2)s1. The van der Waals surface area contributed by atoms with Gasteiger partial charge in [0.05, 0.1) is 6.61 Å². The number of aliphatic hydroxyl groups is 1. The molecule has 0 aliphatic heterocycles. The number of amides is 2. The fourth-order valence-electron chi connectivity index (χ4n) is 1.73. The van der Waals surface area contributed by atoms with Crippen molar-refractivity contribution in [3.8, 4) is 0 Å². The Labute approximate surface area is 132 Å². The second-order valence-corrected chi connectivity index (χ2v) is 5.92. The van der Waals surface area contributed by atoms with Gasteiger partial charge in [-0.2, -0.15) is 0 Å². The van der Waals surface area contributed by atoms with E-state index < -0.39 is 17.9 Å². The molecule has 1 aromatic heterocycles. The molecule has 1 heterocycles. The van der Waals surface area contributed by atoms with Crippen LogP contribution in [0.15, 0.2) is 36.5 Å². The largest absolute Gasteiger partial charge is 0.394 e. The highest BCUT2D eigenvalue weighted by molar-refractivity contribution is 7.15. The molecule has 0 saturated heterocycles. The first kappa shape index (κ1) is 16.1. The molecule has 2 aromatic rings. The van der Waals surface area contributed by atoms with Crippen LogP contribution in [0.1, 0.15) is 17.4 Å². The fourth-order valence-corrected chi connectivity index (χ4v) is 2.57. The maximum atomic E-state index is 11.7. The van der Waals surface area contributed by atoms with E-state index in [9.17, 15) is 9.59 Å². The summed E-state index contributed by atoms with van der Waals surface area (Å²) in [7, 11) is 0. The summed E-state index contributed by atoms with van der Waals surface area (Å²) < 4.78 is 0. The third-order valence-corrected chi connectivity index (χ3v) is 3.77. The molecule has 0 bridgehead atoms. The van der Waals surface area contributed by atoms with Crippen molar-refractivity contribution in [1.29, 1.82) is 0 Å². The number of anilines is 1. The summed E-state index contributed by atoms with van der Waals surface area (Å²) in [4.78, 5) is 28.3. The van der Waals surface area contributed by atoms with Crippen LogP contribution >= 0.6 is 11.3 Å². The van der Waals surface area contributed by atoms with Crippen molar-refractivity contribution in [3.05, 3.63) is 47.0 Å². The highest BCUT2D eigenvalue weighted by atomic mass is 32.1. The normalized spacial score (nSPS) is 11.7. The zero-order chi connectivity index (χ0) is 15.9. The number of hydrogen-bond donors (Lipinski definition) is 3. The van der Waals surface area contributed by atoms with E-state index in [1.165, 1.54) is 11.3 Å². The molecule has 0 saturated carbocycles. The van der Waals surface area contributed by atoms with Crippen molar-refractivity contribution in [2.45, 2.75) is 19.4 Å². The minimum Gasteiger partial charge on any atom is -0.394 e. The van der Waals surface area contributed by atoms with Crippen LogP contribution in [-0.2, 0) is 16.0 Å². The van der Waals surface area contributed by atoms with Gasteiger partial charge in [0, 0.05) is 23.5 Å². The number of aliphatic hydroxyl groups excluding tert-OH is 1. The topological polar surface area (TPSA) is 91.3 Å². The van der Waals surface area contributed by atoms with Crippen LogP contribution in [0.2, 0.25) is 0 Å². The van der Waals surface area contributed by atoms with E-state index in [1.54, 1.807) is 13.1 Å². The number of rotatable bonds is 5. The molecule has 0 spiro atoms. The molecule has 0 fully saturated rings. The highest BCUT2D eigenvalue weighted by Crippen LogP contribution is 2.20. The van der Waals surface area contributed by atoms with Crippen LogP contribution in [0.3, 0.4) is 0 Å². The van der Waals surface area contributed by atoms with Crippen molar-refractivity contribution in [1.82, 2.24) is 10.3 Å². The Hall–Kier alpha value is -2.25. The molecular formula is C15H17N3O3S. The summed E-state index contributed by atoms with van der Waals surface area (Å²) in [6.07, 6.45) is 2.41. The van der Waals surface area contributed by atoms with Crippen molar-refractivity contribution in [3.63, 3.8) is 0 Å². The quantitative estimate of drug-likeness (QED) is 0.722. The predicted octanol–water partition coefficient (Wildman–Crippen LogP) is 1.17. The smallest absolute Gasteiger partial charge is 0.315 e. The fraction of sp³-hybridized carbons (Fsp3) is 0.267. The van der Waals surface area contributed by atoms with E-state index in [1.807, 2.05) is 30.3 Å². The summed E-state index contributed by atoms with van der Waals surface area (Å²) in [6, 6.07) is 9.44. The molecule has 22 heavy (non-hydrogen) atoms. The lowest BCUT2D eigenvalue weighted by atomic mass is 10.1. The van der Waals surface area contributed by atoms with Gasteiger partial charge in [0.1, 0.15) is 0 Å². The molecule has 2 rings (SSSR count). The average Bonchev–Trinajstić information content (AvgIpc) is 2.95. The van der Waals surface area contributed by atoms with E-state index in [4.69, 9.17) is 5.11 Å². The first-order valence-electron chi connectivity index (χ1n) is 6.80. The van der Waals surface area contributed by atoms with Gasteiger partial charge < -0.3 is 10.4 Å². The summed E-state index contributed by atoms with van der Waals surface area (Å²) in [5, 5.41) is 14.0. The Morgan fingerprint density at radius 3 is 2.68 bits per heavy atom. The van der Waals surface area contributed by atoms with Gasteiger partial charge >= 0.3 is 11.8 Å². The standard InChI is InChI=1S/C15H17N3O3S/c1-10(9-19)17-13(20)14(21)18-15-16-8-12(22-15)7-11-5-3-2-4-6-11/h2-6,8,10,19H,7,9H2,1H3,(H,17,20)(H,16,18,21)/t10-/m0/s1. The van der Waals surface area contributed by atoms with Gasteiger partial charge in [-0.05, 0) is 12.5 Å². The van der Waals surface area contributed by atoms with Gasteiger partial charge in [-0.3, -0.25) is 14.9 Å². The van der Waals surface area contributed by atoms with Crippen LogP contribution in [-0.4, -0.2) is 34.6 Å². The zero-order valence-corrected chi connectivity index (χ0v) is 12.9. The highest BCUT2D eigenvalue weighted by Gasteiger charge is 2.17. The Kier molecular flexibility index (Phi) is 5.62. The van der Waals surface area contributed by atoms with Crippen LogP contribution in [0, 0.1) is 0 Å². The van der Waals surface area contributed by atoms with E-state index >= 15 is 0 Å². The molecule has 0 aliphatic rings. The maximum Gasteiger partial charge on any atom is 0.315 e. The zero-order valence-electron chi connectivity index (χ0n) is 12.1. The van der Waals surface area contributed by atoms with Crippen LogP contribution in [0.4, 0.5) is 5.13 Å². The maximum absolute atomic E-state index is 11.7. The minimum atomic E-state index is -0.791. The lowest BCUT2D eigenvalue weighted by Gasteiger charge is -2.09. The van der Waals surface area contributed by atoms with Gasteiger partial charge in [0.25, 0.3) is 0 Å². The van der Waals surface area contributed by atoms with Crippen molar-refractivity contribution < 1.29 is 14.7 Å². The van der Waals surface area contributed by atoms with Gasteiger partial charge in [-0.25, -0.2) is 4.98 Å². The van der Waals surface area contributed by atoms with Gasteiger partial charge in [0.2, 0.25) is 0 Å². The summed E-state index contributed by atoms with van der Waals surface area (Å²) in [6.45, 7) is 1.38. The molecule has 0 radical (unpaired) electrons. The lowest BCUT2D eigenvalue weighted by molar-refractivity contribution is -0.136. The number of hydrogen-bond acceptors (Lipinski definition) is 5. The van der Waals surface area contributed by atoms with Crippen LogP contribution in [0.5, 0.6) is 0 Å². The van der Waals surface area contributed by atoms with E-state index in [2.05, 4.69) is 15.6 Å². The van der Waals surface area contributed by atoms with E-state index in [0.717, 1.165) is 16.9 Å². The lowest BCUT2D eigenvalue weighted by Crippen LogP contribution is -2.42. The minimum absolute atomic E-state index is 0.225. The monoisotopic (exact) mass is 319 g/mol. The molecule has 6 nitrogen and oxygen atoms in total. The predicted molar refractivity (Wildman–Crippen MR) is 84.7 cm³/mol. The Morgan fingerprint density at radius 2 is 2.00 bits per heavy atom. The van der Waals surface area contributed by atoms with Crippen molar-refractivity contribution >= 4 is 28.3 Å². The first-order valence-corrected chi connectivity index (χ1v) is 7.61. The molecule has 116 valence electrons. The number of thiazole rings is 1. The molecule has 1 atom stereocenters. The Bertz CT molecular complexity index is 642. The molecule has 2 amide bonds. The van der Waals surface area contributed by atoms with Gasteiger partial charge in [-0.15, -0.1) is 11.3 Å². The number of carbonyl (C=O) groups excluding carboxylic acids is 2. The Morgan fingerprint density at radius 1 is 1.27 bits per heavy atom. The van der Waals surface area contributed by atoms with Crippen molar-refractivity contribution in [2.75, 3.05) is 11.9 Å². The van der Waals surface area contributed by atoms with E-state index in [0.29, 0.717) is 5.13 Å². The third kappa shape index (κ3) is 4.64. The third-order valence-electron chi connectivity index (χ3n) is 2.85. The summed E-state index contributed by atoms with van der Waals surface area (Å²) >= 11 is 1.33. The first-order chi connectivity index (χ1) is 10.6. The van der Waals surface area contributed by atoms with E-state index in [-0.39, 0.29) is 6.61 Å². The molecule has 0 unspecified atom stereocenters. The van der Waals surface area contributed by atoms with Crippen LogP contribution in [0.25, 0.3) is 0 Å². The summed E-state index contributed by atoms with van der Waals surface area (Å²) in [5.74, 6) is -1.58. The molecule has 0 aliphatic carbocycles. The van der Waals surface area contributed by atoms with Gasteiger partial charge in [-0.1, -0.05) is 30.3 Å². The number of carbonyl (C=O) groups is 2. The number of nitrogens with zero attached hydrogens (tertiary/aromatic N) is 1. The molecule has 3 N–H and O–H groups in total. The number of benzene rings is 1. The number of aromatic nitrogens is 1. The second kappa shape index (κ2) is 7.67. The van der Waals surface area contributed by atoms with Crippen LogP contribution < -0.4 is 10.6 Å².